The van der Waals surface area contributed by atoms with Gasteiger partial charge in [0, 0.05) is 25.8 Å². The first-order valence-corrected chi connectivity index (χ1v) is 8.35. The molecule has 1 fully saturated rings. The summed E-state index contributed by atoms with van der Waals surface area (Å²) in [6.45, 7) is 13.1. The molecule has 1 saturated heterocycles. The molecular weight excluding hydrogens is 282 g/mol. The number of nitrogens with one attached hydrogen (secondary N) is 1. The fourth-order valence-corrected chi connectivity index (χ4v) is 2.78. The van der Waals surface area contributed by atoms with Gasteiger partial charge in [-0.1, -0.05) is 39.3 Å². The van der Waals surface area contributed by atoms with E-state index in [0.29, 0.717) is 11.3 Å². The standard InChI is InChI=1S/C17H28ClN3/c1-13(2)10-19-11-14-9-16(20-12-15(14)18)21-7-5-17(3,4)6-8-21/h9,12-13,19H,5-8,10-11H2,1-4H3. The molecule has 1 aromatic heterocycles. The molecule has 0 saturated carbocycles. The summed E-state index contributed by atoms with van der Waals surface area (Å²) in [5, 5.41) is 4.21. The minimum absolute atomic E-state index is 0.463. The van der Waals surface area contributed by atoms with Gasteiger partial charge in [-0.05, 0) is 42.3 Å². The Morgan fingerprint density at radius 3 is 2.62 bits per heavy atom. The first-order chi connectivity index (χ1) is 9.87. The first kappa shape index (κ1) is 16.6. The van der Waals surface area contributed by atoms with Gasteiger partial charge in [-0.2, -0.15) is 0 Å². The fourth-order valence-electron chi connectivity index (χ4n) is 2.61. The summed E-state index contributed by atoms with van der Waals surface area (Å²) >= 11 is 6.27. The third kappa shape index (κ3) is 4.86. The van der Waals surface area contributed by atoms with E-state index in [4.69, 9.17) is 11.6 Å². The Kier molecular flexibility index (Phi) is 5.50. The highest BCUT2D eigenvalue weighted by molar-refractivity contribution is 6.31. The molecule has 2 rings (SSSR count). The number of rotatable bonds is 5. The van der Waals surface area contributed by atoms with E-state index >= 15 is 0 Å². The molecule has 0 bridgehead atoms. The number of hydrogen-bond acceptors (Lipinski definition) is 3. The van der Waals surface area contributed by atoms with E-state index in [9.17, 15) is 0 Å². The van der Waals surface area contributed by atoms with Crippen LogP contribution in [0.1, 0.15) is 46.1 Å². The highest BCUT2D eigenvalue weighted by Gasteiger charge is 2.26. The highest BCUT2D eigenvalue weighted by Crippen LogP contribution is 2.32. The van der Waals surface area contributed by atoms with Crippen LogP contribution < -0.4 is 10.2 Å². The zero-order valence-electron chi connectivity index (χ0n) is 13.7. The average Bonchev–Trinajstić information content (AvgIpc) is 2.41. The van der Waals surface area contributed by atoms with Crippen LogP contribution in [0.15, 0.2) is 12.3 Å². The maximum Gasteiger partial charge on any atom is 0.128 e. The quantitative estimate of drug-likeness (QED) is 0.887. The first-order valence-electron chi connectivity index (χ1n) is 7.97. The van der Waals surface area contributed by atoms with Gasteiger partial charge in [0.05, 0.1) is 5.02 Å². The molecule has 1 N–H and O–H groups in total. The van der Waals surface area contributed by atoms with Gasteiger partial charge in [0.2, 0.25) is 0 Å². The van der Waals surface area contributed by atoms with Crippen LogP contribution in [0.3, 0.4) is 0 Å². The molecule has 1 aliphatic heterocycles. The van der Waals surface area contributed by atoms with Crippen molar-refractivity contribution in [2.24, 2.45) is 11.3 Å². The molecule has 21 heavy (non-hydrogen) atoms. The minimum atomic E-state index is 0.463. The molecule has 4 heteroatoms. The molecule has 2 heterocycles. The van der Waals surface area contributed by atoms with Crippen molar-refractivity contribution in [1.29, 1.82) is 0 Å². The third-order valence-corrected chi connectivity index (χ3v) is 4.57. The highest BCUT2D eigenvalue weighted by atomic mass is 35.5. The molecule has 118 valence electrons. The van der Waals surface area contributed by atoms with Crippen molar-refractivity contribution in [2.45, 2.75) is 47.1 Å². The summed E-state index contributed by atoms with van der Waals surface area (Å²) in [5.41, 5.74) is 1.61. The second-order valence-corrected chi connectivity index (χ2v) is 7.72. The number of nitrogens with zero attached hydrogens (tertiary/aromatic N) is 2. The van der Waals surface area contributed by atoms with Crippen molar-refractivity contribution >= 4 is 17.4 Å². The van der Waals surface area contributed by atoms with Gasteiger partial charge in [0.25, 0.3) is 0 Å². The predicted molar refractivity (Wildman–Crippen MR) is 91.0 cm³/mol. The fraction of sp³-hybridized carbons (Fsp3) is 0.706. The van der Waals surface area contributed by atoms with Crippen molar-refractivity contribution in [3.8, 4) is 0 Å². The lowest BCUT2D eigenvalue weighted by Gasteiger charge is -2.37. The largest absolute Gasteiger partial charge is 0.357 e. The molecule has 0 atom stereocenters. The van der Waals surface area contributed by atoms with E-state index in [1.54, 1.807) is 6.20 Å². The van der Waals surface area contributed by atoms with E-state index in [-0.39, 0.29) is 0 Å². The molecule has 1 aliphatic rings. The number of hydrogen-bond donors (Lipinski definition) is 1. The summed E-state index contributed by atoms with van der Waals surface area (Å²) in [7, 11) is 0. The maximum absolute atomic E-state index is 6.27. The third-order valence-electron chi connectivity index (χ3n) is 4.23. The topological polar surface area (TPSA) is 28.2 Å². The van der Waals surface area contributed by atoms with Gasteiger partial charge in [-0.25, -0.2) is 4.98 Å². The van der Waals surface area contributed by atoms with Crippen LogP contribution in [0.4, 0.5) is 5.82 Å². The average molecular weight is 310 g/mol. The summed E-state index contributed by atoms with van der Waals surface area (Å²) < 4.78 is 0. The molecule has 0 spiro atoms. The van der Waals surface area contributed by atoms with Crippen LogP contribution in [-0.4, -0.2) is 24.6 Å². The van der Waals surface area contributed by atoms with Gasteiger partial charge in [-0.15, -0.1) is 0 Å². The Morgan fingerprint density at radius 1 is 1.33 bits per heavy atom. The molecular formula is C17H28ClN3. The zero-order chi connectivity index (χ0) is 15.5. The SMILES string of the molecule is CC(C)CNCc1cc(N2CCC(C)(C)CC2)ncc1Cl. The lowest BCUT2D eigenvalue weighted by molar-refractivity contribution is 0.279. The van der Waals surface area contributed by atoms with Crippen LogP contribution >= 0.6 is 11.6 Å². The van der Waals surface area contributed by atoms with Crippen LogP contribution in [0.2, 0.25) is 5.02 Å². The van der Waals surface area contributed by atoms with Crippen molar-refractivity contribution in [1.82, 2.24) is 10.3 Å². The molecule has 0 aromatic carbocycles. The van der Waals surface area contributed by atoms with Gasteiger partial charge in [0.1, 0.15) is 5.82 Å². The van der Waals surface area contributed by atoms with Crippen LogP contribution in [0.25, 0.3) is 0 Å². The number of halogens is 1. The van der Waals surface area contributed by atoms with Gasteiger partial charge < -0.3 is 10.2 Å². The second kappa shape index (κ2) is 6.97. The molecule has 0 aliphatic carbocycles. The van der Waals surface area contributed by atoms with Crippen molar-refractivity contribution in [3.63, 3.8) is 0 Å². The van der Waals surface area contributed by atoms with E-state index in [1.165, 1.54) is 12.8 Å². The molecule has 1 aromatic rings. The van der Waals surface area contributed by atoms with E-state index in [1.807, 2.05) is 0 Å². The van der Waals surface area contributed by atoms with Crippen LogP contribution in [-0.2, 0) is 6.54 Å². The minimum Gasteiger partial charge on any atom is -0.357 e. The Balaban J connectivity index is 2.01. The summed E-state index contributed by atoms with van der Waals surface area (Å²) in [5.74, 6) is 1.71. The van der Waals surface area contributed by atoms with E-state index in [0.717, 1.165) is 42.6 Å². The Hall–Kier alpha value is -0.800. The second-order valence-electron chi connectivity index (χ2n) is 7.31. The van der Waals surface area contributed by atoms with Gasteiger partial charge >= 0.3 is 0 Å². The number of aromatic nitrogens is 1. The smallest absolute Gasteiger partial charge is 0.128 e. The summed E-state index contributed by atoms with van der Waals surface area (Å²) in [4.78, 5) is 6.90. The van der Waals surface area contributed by atoms with Gasteiger partial charge in [-0.3, -0.25) is 0 Å². The zero-order valence-corrected chi connectivity index (χ0v) is 14.5. The van der Waals surface area contributed by atoms with Crippen molar-refractivity contribution < 1.29 is 0 Å². The maximum atomic E-state index is 6.27. The molecule has 0 radical (unpaired) electrons. The number of piperidine rings is 1. The van der Waals surface area contributed by atoms with Gasteiger partial charge in [0.15, 0.2) is 0 Å². The van der Waals surface area contributed by atoms with Crippen molar-refractivity contribution in [3.05, 3.63) is 22.8 Å². The lowest BCUT2D eigenvalue weighted by atomic mass is 9.83. The van der Waals surface area contributed by atoms with E-state index < -0.39 is 0 Å². The summed E-state index contributed by atoms with van der Waals surface area (Å²) in [6, 6.07) is 2.15. The lowest BCUT2D eigenvalue weighted by Crippen LogP contribution is -2.37. The predicted octanol–water partition coefficient (Wildman–Crippen LogP) is 4.11. The normalized spacial score (nSPS) is 18.3. The molecule has 0 unspecified atom stereocenters. The Bertz CT molecular complexity index is 461. The summed E-state index contributed by atoms with van der Waals surface area (Å²) in [6.07, 6.45) is 4.24. The van der Waals surface area contributed by atoms with E-state index in [2.05, 4.69) is 49.0 Å². The van der Waals surface area contributed by atoms with Crippen LogP contribution in [0, 0.1) is 11.3 Å². The number of anilines is 1. The number of pyridine rings is 1. The Labute approximate surface area is 134 Å². The van der Waals surface area contributed by atoms with Crippen molar-refractivity contribution in [2.75, 3.05) is 24.5 Å². The monoisotopic (exact) mass is 309 g/mol. The Morgan fingerprint density at radius 2 is 2.00 bits per heavy atom. The van der Waals surface area contributed by atoms with Crippen LogP contribution in [0.5, 0.6) is 0 Å². The molecule has 3 nitrogen and oxygen atoms in total. The molecule has 0 amide bonds.